The van der Waals surface area contributed by atoms with Crippen molar-refractivity contribution in [2.24, 2.45) is 0 Å². The zero-order chi connectivity index (χ0) is 66.1. The summed E-state index contributed by atoms with van der Waals surface area (Å²) in [6.07, 6.45) is 3.48. The molecule has 6 aromatic carbocycles. The van der Waals surface area contributed by atoms with Crippen LogP contribution in [-0.2, 0) is 31.6 Å². The minimum Gasteiger partial charge on any atom is -0.311 e. The van der Waals surface area contributed by atoms with Gasteiger partial charge in [0.25, 0.3) is 16.7 Å². The SMILES string of the molecule is Cc1ccc(C2=CCC(c3[nH]c(=O)[nH]c(=O)c3Cc3ccccc3)CC2)c(C(F)(F)F)c1.Cc1cccc(C2=CCC(c3[nH]c(=O)[nH]c(=O)c3Cc3ccccc3)CC2)c1C(F)(F)F.Cc1cccc(C2=CCC(c3[nH]c(=O)[nH]c(=O)c3Cc3ccccc3)CC2)c1Cl. The smallest absolute Gasteiger partial charge is 0.311 e. The summed E-state index contributed by atoms with van der Waals surface area (Å²) in [5, 5.41) is 0.798. The number of halogens is 7. The van der Waals surface area contributed by atoms with Crippen LogP contribution in [0, 0.1) is 20.8 Å². The van der Waals surface area contributed by atoms with E-state index in [0.717, 1.165) is 57.8 Å². The number of hydrogen-bond acceptors (Lipinski definition) is 6. The number of nitrogens with one attached hydrogen (secondary N) is 6. The number of H-pyrrole nitrogens is 6. The summed E-state index contributed by atoms with van der Waals surface area (Å²) >= 11 is 6.50. The zero-order valence-electron chi connectivity index (χ0n) is 51.4. The van der Waals surface area contributed by atoms with Gasteiger partial charge in [-0.25, -0.2) is 14.4 Å². The summed E-state index contributed by atoms with van der Waals surface area (Å²) in [5.41, 5.74) is 8.28. The average molecular weight is 1290 g/mol. The van der Waals surface area contributed by atoms with E-state index in [1.165, 1.54) is 36.8 Å². The van der Waals surface area contributed by atoms with Crippen molar-refractivity contribution in [3.8, 4) is 0 Å². The molecule has 12 nitrogen and oxygen atoms in total. The number of benzene rings is 6. The van der Waals surface area contributed by atoms with Crippen LogP contribution in [0.4, 0.5) is 26.3 Å². The van der Waals surface area contributed by atoms with Crippen LogP contribution in [0.5, 0.6) is 0 Å². The lowest BCUT2D eigenvalue weighted by molar-refractivity contribution is -0.138. The fourth-order valence-electron chi connectivity index (χ4n) is 13.0. The van der Waals surface area contributed by atoms with Crippen LogP contribution in [0.15, 0.2) is 193 Å². The predicted molar refractivity (Wildman–Crippen MR) is 353 cm³/mol. The molecule has 0 fully saturated rings. The summed E-state index contributed by atoms with van der Waals surface area (Å²) in [6, 6.07) is 43.8. The highest BCUT2D eigenvalue weighted by molar-refractivity contribution is 6.33. The normalized spacial score (nSPS) is 16.6. The number of hydrogen-bond donors (Lipinski definition) is 6. The van der Waals surface area contributed by atoms with Crippen molar-refractivity contribution in [2.45, 2.75) is 128 Å². The summed E-state index contributed by atoms with van der Waals surface area (Å²) in [5.74, 6) is -0.185. The van der Waals surface area contributed by atoms with E-state index in [4.69, 9.17) is 11.6 Å². The number of allylic oxidation sites excluding steroid dienone is 6. The van der Waals surface area contributed by atoms with Gasteiger partial charge in [-0.15, -0.1) is 0 Å². The molecule has 3 aliphatic rings. The fourth-order valence-corrected chi connectivity index (χ4v) is 13.2. The maximum absolute atomic E-state index is 13.6. The van der Waals surface area contributed by atoms with Crippen molar-refractivity contribution in [3.63, 3.8) is 0 Å². The Morgan fingerprint density at radius 1 is 0.409 bits per heavy atom. The van der Waals surface area contributed by atoms with Gasteiger partial charge in [-0.05, 0) is 146 Å². The van der Waals surface area contributed by atoms with Crippen molar-refractivity contribution in [2.75, 3.05) is 0 Å². The van der Waals surface area contributed by atoms with E-state index in [-0.39, 0.29) is 40.0 Å². The highest BCUT2D eigenvalue weighted by atomic mass is 35.5. The third-order valence-electron chi connectivity index (χ3n) is 17.6. The number of alkyl halides is 6. The molecule has 12 rings (SSSR count). The Morgan fingerprint density at radius 3 is 1.14 bits per heavy atom. The van der Waals surface area contributed by atoms with Crippen LogP contribution in [0.1, 0.15) is 171 Å². The molecule has 3 atom stereocenters. The quantitative estimate of drug-likeness (QED) is 0.0658. The first kappa shape index (κ1) is 66.4. The molecule has 480 valence electrons. The highest BCUT2D eigenvalue weighted by Crippen LogP contribution is 2.45. The van der Waals surface area contributed by atoms with Crippen LogP contribution in [-0.4, -0.2) is 29.9 Å². The molecular formula is C74H69ClF6N6O6. The first-order valence-electron chi connectivity index (χ1n) is 30.8. The number of rotatable bonds is 12. The molecule has 19 heteroatoms. The number of aryl methyl sites for hydroxylation is 3. The van der Waals surface area contributed by atoms with E-state index in [1.807, 2.05) is 116 Å². The molecule has 0 saturated carbocycles. The van der Waals surface area contributed by atoms with Crippen LogP contribution in [0.2, 0.25) is 5.02 Å². The fraction of sp³-hybridized carbons (Fsp3) is 0.270. The van der Waals surface area contributed by atoms with Gasteiger partial charge in [0, 0.05) is 70.8 Å². The molecule has 0 bridgehead atoms. The van der Waals surface area contributed by atoms with Crippen molar-refractivity contribution in [3.05, 3.63) is 326 Å². The van der Waals surface area contributed by atoms with Gasteiger partial charge in [0.1, 0.15) is 0 Å². The van der Waals surface area contributed by atoms with Gasteiger partial charge < -0.3 is 15.0 Å². The average Bonchev–Trinajstić information content (AvgIpc) is 0.885. The zero-order valence-corrected chi connectivity index (χ0v) is 52.2. The van der Waals surface area contributed by atoms with E-state index >= 15 is 0 Å². The topological polar surface area (TPSA) is 197 Å². The highest BCUT2D eigenvalue weighted by Gasteiger charge is 2.37. The summed E-state index contributed by atoms with van der Waals surface area (Å²) in [7, 11) is 0. The Hall–Kier alpha value is -9.55. The van der Waals surface area contributed by atoms with Gasteiger partial charge in [-0.1, -0.05) is 175 Å². The molecule has 9 aromatic rings. The molecule has 0 amide bonds. The molecule has 3 unspecified atom stereocenters. The first-order chi connectivity index (χ1) is 44.5. The lowest BCUT2D eigenvalue weighted by Gasteiger charge is -2.25. The minimum atomic E-state index is -4.43. The van der Waals surface area contributed by atoms with E-state index < -0.39 is 51.7 Å². The lowest BCUT2D eigenvalue weighted by Crippen LogP contribution is -2.30. The van der Waals surface area contributed by atoms with Crippen molar-refractivity contribution < 1.29 is 26.3 Å². The number of aromatic nitrogens is 6. The Balaban J connectivity index is 0.000000153. The van der Waals surface area contributed by atoms with Crippen LogP contribution >= 0.6 is 11.6 Å². The molecule has 0 saturated heterocycles. The van der Waals surface area contributed by atoms with Crippen molar-refractivity contribution >= 4 is 28.3 Å². The second-order valence-electron chi connectivity index (χ2n) is 24.0. The summed E-state index contributed by atoms with van der Waals surface area (Å²) < 4.78 is 81.7. The Labute approximate surface area is 536 Å². The molecule has 0 spiro atoms. The third-order valence-corrected chi connectivity index (χ3v) is 18.1. The van der Waals surface area contributed by atoms with Crippen LogP contribution in [0.25, 0.3) is 16.7 Å². The van der Waals surface area contributed by atoms with E-state index in [9.17, 15) is 55.1 Å². The Kier molecular flexibility index (Phi) is 20.7. The lowest BCUT2D eigenvalue weighted by atomic mass is 9.81. The molecule has 3 aromatic heterocycles. The van der Waals surface area contributed by atoms with Gasteiger partial charge in [-0.3, -0.25) is 29.3 Å². The minimum absolute atomic E-state index is 0.107. The standard InChI is InChI=1S/2C25H23F3N2O2.C24H23ClN2O2/c1-15-6-5-9-19(21(15)25(26,27)28)17-10-12-18(13-11-17)22-20(23(31)30-24(32)29-22)14-16-7-3-2-4-8-16;1-15-7-12-19(21(13-15)25(26,27)28)17-8-10-18(11-9-17)22-20(23(31)30-24(32)29-22)14-16-5-3-2-4-6-16;1-15-6-5-9-19(21(15)25)17-10-12-18(13-11-17)22-20(23(28)27-24(29)26-22)14-16-7-3-2-4-8-16/h2-10,18H,11-14H2,1H3,(H2,29,30,31,32);2-8,12-13,18H,9-11,14H2,1H3,(H2,29,30,31,32);2-10,18H,11-14H2,1H3,(H2,26,27,28,29). The van der Waals surface area contributed by atoms with Crippen LogP contribution < -0.4 is 33.7 Å². The second-order valence-corrected chi connectivity index (χ2v) is 24.3. The van der Waals surface area contributed by atoms with Crippen molar-refractivity contribution in [1.82, 2.24) is 29.9 Å². The van der Waals surface area contributed by atoms with Crippen LogP contribution in [0.3, 0.4) is 0 Å². The van der Waals surface area contributed by atoms with Crippen molar-refractivity contribution in [1.29, 1.82) is 0 Å². The second kappa shape index (κ2) is 29.0. The molecule has 6 N–H and O–H groups in total. The maximum atomic E-state index is 13.6. The van der Waals surface area contributed by atoms with E-state index in [1.54, 1.807) is 25.1 Å². The third kappa shape index (κ3) is 16.2. The largest absolute Gasteiger partial charge is 0.417 e. The molecule has 3 aliphatic carbocycles. The molecular weight excluding hydrogens is 1220 g/mol. The van der Waals surface area contributed by atoms with Gasteiger partial charge in [0.05, 0.1) is 16.1 Å². The molecule has 93 heavy (non-hydrogen) atoms. The predicted octanol–water partition coefficient (Wildman–Crippen LogP) is 15.6. The summed E-state index contributed by atoms with van der Waals surface area (Å²) in [4.78, 5) is 89.1. The van der Waals surface area contributed by atoms with E-state index in [2.05, 4.69) is 42.0 Å². The number of aromatic amines is 6. The molecule has 0 radical (unpaired) electrons. The van der Waals surface area contributed by atoms with E-state index in [0.29, 0.717) is 103 Å². The Bertz CT molecular complexity index is 4660. The Morgan fingerprint density at radius 2 is 0.774 bits per heavy atom. The van der Waals surface area contributed by atoms with Gasteiger partial charge >= 0.3 is 29.4 Å². The van der Waals surface area contributed by atoms with Gasteiger partial charge in [0.15, 0.2) is 0 Å². The van der Waals surface area contributed by atoms with Gasteiger partial charge in [-0.2, -0.15) is 26.3 Å². The van der Waals surface area contributed by atoms with Gasteiger partial charge in [0.2, 0.25) is 0 Å². The molecule has 0 aliphatic heterocycles. The first-order valence-corrected chi connectivity index (χ1v) is 31.2. The summed E-state index contributed by atoms with van der Waals surface area (Å²) in [6.45, 7) is 5.12. The monoisotopic (exact) mass is 1290 g/mol. The molecule has 3 heterocycles. The maximum Gasteiger partial charge on any atom is 0.417 e.